The van der Waals surface area contributed by atoms with Gasteiger partial charge < -0.3 is 9.47 Å². The Balaban J connectivity index is 2.02. The molecule has 0 saturated heterocycles. The molecule has 0 bridgehead atoms. The van der Waals surface area contributed by atoms with Crippen molar-refractivity contribution in [3.05, 3.63) is 65.0 Å². The molecular weight excluding hydrogens is 271 g/mol. The van der Waals surface area contributed by atoms with Crippen LogP contribution in [-0.4, -0.2) is 19.5 Å². The number of Topliss-reactive ketones (excluding diaryl/α,β-unsaturated/α-hetero) is 1. The van der Waals surface area contributed by atoms with Crippen molar-refractivity contribution in [3.8, 4) is 5.75 Å². The molecule has 0 spiro atoms. The molecule has 108 valence electrons. The van der Waals surface area contributed by atoms with Gasteiger partial charge in [0.05, 0.1) is 19.3 Å². The smallest absolute Gasteiger partial charge is 0.199 e. The summed E-state index contributed by atoms with van der Waals surface area (Å²) in [6.45, 7) is 0.477. The minimum absolute atomic E-state index is 0.208. The molecule has 0 amide bonds. The summed E-state index contributed by atoms with van der Waals surface area (Å²) in [5.74, 6) is -0.394. The maximum Gasteiger partial charge on any atom is 0.199 e. The molecule has 0 aromatic heterocycles. The second-order valence-electron chi connectivity index (χ2n) is 4.91. The quantitative estimate of drug-likeness (QED) is 0.812. The largest absolute Gasteiger partial charge is 0.496 e. The molecule has 2 aromatic carbocycles. The lowest BCUT2D eigenvalue weighted by atomic mass is 9.92. The molecule has 3 rings (SSSR count). The van der Waals surface area contributed by atoms with Crippen LogP contribution in [0.25, 0.3) is 0 Å². The van der Waals surface area contributed by atoms with Gasteiger partial charge >= 0.3 is 0 Å². The standard InChI is InChI=1S/C17H15FO3/c1-20-15-7-6-12(18)10-14(15)16(19)17-13-5-3-2-4-11(13)8-9-21-17/h2-7,10,17H,8-9H2,1H3. The minimum atomic E-state index is -0.703. The molecule has 1 unspecified atom stereocenters. The molecule has 1 atom stereocenters. The van der Waals surface area contributed by atoms with Crippen molar-refractivity contribution in [3.63, 3.8) is 0 Å². The highest BCUT2D eigenvalue weighted by molar-refractivity contribution is 6.02. The first-order valence-corrected chi connectivity index (χ1v) is 6.78. The number of rotatable bonds is 3. The van der Waals surface area contributed by atoms with Gasteiger partial charge in [0.15, 0.2) is 5.78 Å². The van der Waals surface area contributed by atoms with E-state index in [4.69, 9.17) is 9.47 Å². The zero-order chi connectivity index (χ0) is 14.8. The van der Waals surface area contributed by atoms with Gasteiger partial charge in [-0.05, 0) is 35.7 Å². The molecule has 0 saturated carbocycles. The molecule has 4 heteroatoms. The van der Waals surface area contributed by atoms with E-state index in [1.54, 1.807) is 0 Å². The molecular formula is C17H15FO3. The molecule has 1 heterocycles. The van der Waals surface area contributed by atoms with Gasteiger partial charge in [-0.15, -0.1) is 0 Å². The van der Waals surface area contributed by atoms with E-state index in [2.05, 4.69) is 0 Å². The van der Waals surface area contributed by atoms with Crippen LogP contribution in [0.4, 0.5) is 4.39 Å². The average molecular weight is 286 g/mol. The summed E-state index contributed by atoms with van der Waals surface area (Å²) in [4.78, 5) is 12.7. The fourth-order valence-electron chi connectivity index (χ4n) is 2.63. The van der Waals surface area contributed by atoms with Gasteiger partial charge in [-0.25, -0.2) is 4.39 Å². The van der Waals surface area contributed by atoms with Crippen LogP contribution in [-0.2, 0) is 11.2 Å². The molecule has 2 aromatic rings. The van der Waals surface area contributed by atoms with E-state index in [9.17, 15) is 9.18 Å². The second-order valence-corrected chi connectivity index (χ2v) is 4.91. The molecule has 0 radical (unpaired) electrons. The molecule has 21 heavy (non-hydrogen) atoms. The third-order valence-electron chi connectivity index (χ3n) is 3.66. The lowest BCUT2D eigenvalue weighted by Crippen LogP contribution is -2.24. The fraction of sp³-hybridized carbons (Fsp3) is 0.235. The van der Waals surface area contributed by atoms with Crippen molar-refractivity contribution in [1.29, 1.82) is 0 Å². The lowest BCUT2D eigenvalue weighted by Gasteiger charge is -2.25. The van der Waals surface area contributed by atoms with Crippen molar-refractivity contribution in [2.24, 2.45) is 0 Å². The number of halogens is 1. The van der Waals surface area contributed by atoms with E-state index in [-0.39, 0.29) is 11.3 Å². The first kappa shape index (κ1) is 13.8. The first-order chi connectivity index (χ1) is 10.2. The Labute approximate surface area is 122 Å². The zero-order valence-corrected chi connectivity index (χ0v) is 11.6. The zero-order valence-electron chi connectivity index (χ0n) is 11.6. The molecule has 1 aliphatic heterocycles. The second kappa shape index (κ2) is 5.66. The topological polar surface area (TPSA) is 35.5 Å². The van der Waals surface area contributed by atoms with Crippen LogP contribution in [0.1, 0.15) is 27.6 Å². The van der Waals surface area contributed by atoms with Crippen LogP contribution in [0.15, 0.2) is 42.5 Å². The summed E-state index contributed by atoms with van der Waals surface area (Å²) >= 11 is 0. The summed E-state index contributed by atoms with van der Waals surface area (Å²) in [5, 5.41) is 0. The third-order valence-corrected chi connectivity index (χ3v) is 3.66. The van der Waals surface area contributed by atoms with E-state index in [0.717, 1.165) is 17.5 Å². The molecule has 3 nitrogen and oxygen atoms in total. The van der Waals surface area contributed by atoms with Crippen LogP contribution in [0, 0.1) is 5.82 Å². The number of carbonyl (C=O) groups is 1. The molecule has 0 aliphatic carbocycles. The Morgan fingerprint density at radius 2 is 2.10 bits per heavy atom. The van der Waals surface area contributed by atoms with E-state index >= 15 is 0 Å². The number of fused-ring (bicyclic) bond motifs is 1. The SMILES string of the molecule is COc1ccc(F)cc1C(=O)C1OCCc2ccccc21. The van der Waals surface area contributed by atoms with E-state index in [1.807, 2.05) is 24.3 Å². The summed E-state index contributed by atoms with van der Waals surface area (Å²) < 4.78 is 24.2. The number of hydrogen-bond acceptors (Lipinski definition) is 3. The van der Waals surface area contributed by atoms with Gasteiger partial charge in [0.1, 0.15) is 17.7 Å². The monoisotopic (exact) mass is 286 g/mol. The van der Waals surface area contributed by atoms with Gasteiger partial charge in [-0.1, -0.05) is 24.3 Å². The van der Waals surface area contributed by atoms with Crippen LogP contribution in [0.2, 0.25) is 0 Å². The van der Waals surface area contributed by atoms with Crippen molar-refractivity contribution < 1.29 is 18.7 Å². The van der Waals surface area contributed by atoms with Crippen molar-refractivity contribution >= 4 is 5.78 Å². The Bertz CT molecular complexity index is 681. The van der Waals surface area contributed by atoms with Crippen molar-refractivity contribution in [1.82, 2.24) is 0 Å². The Kier molecular flexibility index (Phi) is 3.71. The first-order valence-electron chi connectivity index (χ1n) is 6.78. The van der Waals surface area contributed by atoms with Crippen LogP contribution < -0.4 is 4.74 Å². The normalized spacial score (nSPS) is 17.1. The van der Waals surface area contributed by atoms with Crippen molar-refractivity contribution in [2.75, 3.05) is 13.7 Å². The molecule has 1 aliphatic rings. The predicted octanol–water partition coefficient (Wildman–Crippen LogP) is 3.33. The van der Waals surface area contributed by atoms with Crippen molar-refractivity contribution in [2.45, 2.75) is 12.5 Å². The highest BCUT2D eigenvalue weighted by atomic mass is 19.1. The number of methoxy groups -OCH3 is 1. The van der Waals surface area contributed by atoms with Gasteiger partial charge in [0, 0.05) is 0 Å². The number of ether oxygens (including phenoxy) is 2. The minimum Gasteiger partial charge on any atom is -0.496 e. The summed E-state index contributed by atoms with van der Waals surface area (Å²) in [6.07, 6.45) is 0.0749. The van der Waals surface area contributed by atoms with Gasteiger partial charge in [-0.2, -0.15) is 0 Å². The predicted molar refractivity (Wildman–Crippen MR) is 76.1 cm³/mol. The summed E-state index contributed by atoms with van der Waals surface area (Å²) in [5.41, 5.74) is 2.15. The fourth-order valence-corrected chi connectivity index (χ4v) is 2.63. The third kappa shape index (κ3) is 2.54. The summed E-state index contributed by atoms with van der Waals surface area (Å²) in [6, 6.07) is 11.6. The van der Waals surface area contributed by atoms with Crippen LogP contribution in [0.3, 0.4) is 0 Å². The van der Waals surface area contributed by atoms with Gasteiger partial charge in [-0.3, -0.25) is 4.79 Å². The Morgan fingerprint density at radius 1 is 1.29 bits per heavy atom. The molecule has 0 N–H and O–H groups in total. The maximum atomic E-state index is 13.5. The number of hydrogen-bond donors (Lipinski definition) is 0. The van der Waals surface area contributed by atoms with E-state index < -0.39 is 11.9 Å². The van der Waals surface area contributed by atoms with Crippen LogP contribution >= 0.6 is 0 Å². The van der Waals surface area contributed by atoms with Gasteiger partial charge in [0.2, 0.25) is 0 Å². The average Bonchev–Trinajstić information content (AvgIpc) is 2.53. The number of carbonyl (C=O) groups excluding carboxylic acids is 1. The maximum absolute atomic E-state index is 13.5. The van der Waals surface area contributed by atoms with Crippen LogP contribution in [0.5, 0.6) is 5.75 Å². The highest BCUT2D eigenvalue weighted by Crippen LogP contribution is 2.32. The lowest BCUT2D eigenvalue weighted by molar-refractivity contribution is 0.0346. The molecule has 0 fully saturated rings. The van der Waals surface area contributed by atoms with Gasteiger partial charge in [0.25, 0.3) is 0 Å². The number of benzene rings is 2. The number of ketones is 1. The van der Waals surface area contributed by atoms with E-state index in [1.165, 1.54) is 25.3 Å². The summed E-state index contributed by atoms with van der Waals surface area (Å²) in [7, 11) is 1.46. The highest BCUT2D eigenvalue weighted by Gasteiger charge is 2.30. The van der Waals surface area contributed by atoms with E-state index in [0.29, 0.717) is 12.4 Å². The Morgan fingerprint density at radius 3 is 2.90 bits per heavy atom. The Hall–Kier alpha value is -2.20.